The molecule has 5 heteroatoms. The summed E-state index contributed by atoms with van der Waals surface area (Å²) in [5.74, 6) is 0. The third-order valence-electron chi connectivity index (χ3n) is 1.72. The monoisotopic (exact) mass is 288 g/mol. The van der Waals surface area contributed by atoms with Crippen molar-refractivity contribution in [3.8, 4) is 10.4 Å². The van der Waals surface area contributed by atoms with Crippen molar-refractivity contribution in [1.82, 2.24) is 4.98 Å². The first-order valence-electron chi connectivity index (χ1n) is 3.83. The standard InChI is InChI=1S/C9H6BrClN2S/c10-7-2-1-5(11)3-6(7)8-4-13-9(12)14-8/h1-4H,(H2,12,13). The number of nitrogens with two attached hydrogens (primary N) is 1. The third-order valence-corrected chi connectivity index (χ3v) is 3.50. The second-order valence-corrected chi connectivity index (χ2v) is 5.04. The van der Waals surface area contributed by atoms with Crippen LogP contribution in [0.1, 0.15) is 0 Å². The third kappa shape index (κ3) is 1.92. The van der Waals surface area contributed by atoms with Gasteiger partial charge in [-0.25, -0.2) is 4.98 Å². The first kappa shape index (κ1) is 9.96. The van der Waals surface area contributed by atoms with Gasteiger partial charge in [0.25, 0.3) is 0 Å². The molecule has 2 aromatic rings. The molecule has 1 heterocycles. The Labute approximate surface area is 98.9 Å². The van der Waals surface area contributed by atoms with Gasteiger partial charge in [-0.3, -0.25) is 0 Å². The molecular weight excluding hydrogens is 284 g/mol. The number of halogens is 2. The quantitative estimate of drug-likeness (QED) is 0.867. The number of aromatic nitrogens is 1. The van der Waals surface area contributed by atoms with Crippen molar-refractivity contribution >= 4 is 44.0 Å². The Morgan fingerprint density at radius 3 is 2.86 bits per heavy atom. The molecule has 0 saturated carbocycles. The highest BCUT2D eigenvalue weighted by Crippen LogP contribution is 2.34. The minimum atomic E-state index is 0.562. The van der Waals surface area contributed by atoms with Crippen LogP contribution in [-0.4, -0.2) is 4.98 Å². The van der Waals surface area contributed by atoms with Crippen LogP contribution in [0.4, 0.5) is 5.13 Å². The van der Waals surface area contributed by atoms with Gasteiger partial charge in [-0.15, -0.1) is 0 Å². The fraction of sp³-hybridized carbons (Fsp3) is 0. The highest BCUT2D eigenvalue weighted by atomic mass is 79.9. The van der Waals surface area contributed by atoms with Crippen LogP contribution < -0.4 is 5.73 Å². The van der Waals surface area contributed by atoms with Gasteiger partial charge in [-0.05, 0) is 18.2 Å². The molecule has 0 aliphatic heterocycles. The number of anilines is 1. The van der Waals surface area contributed by atoms with Crippen molar-refractivity contribution in [3.05, 3.63) is 33.9 Å². The van der Waals surface area contributed by atoms with Crippen molar-refractivity contribution in [2.75, 3.05) is 5.73 Å². The summed E-state index contributed by atoms with van der Waals surface area (Å²) in [5, 5.41) is 1.27. The van der Waals surface area contributed by atoms with E-state index >= 15 is 0 Å². The molecule has 14 heavy (non-hydrogen) atoms. The lowest BCUT2D eigenvalue weighted by Crippen LogP contribution is -1.77. The maximum absolute atomic E-state index is 5.91. The fourth-order valence-corrected chi connectivity index (χ4v) is 2.58. The molecule has 0 spiro atoms. The zero-order valence-electron chi connectivity index (χ0n) is 7.00. The van der Waals surface area contributed by atoms with E-state index in [0.717, 1.165) is 14.9 Å². The summed E-state index contributed by atoms with van der Waals surface area (Å²) in [5.41, 5.74) is 6.58. The van der Waals surface area contributed by atoms with Crippen LogP contribution in [0.25, 0.3) is 10.4 Å². The summed E-state index contributed by atoms with van der Waals surface area (Å²) >= 11 is 10.8. The summed E-state index contributed by atoms with van der Waals surface area (Å²) in [4.78, 5) is 5.01. The molecule has 0 unspecified atom stereocenters. The Morgan fingerprint density at radius 1 is 1.43 bits per heavy atom. The van der Waals surface area contributed by atoms with Gasteiger partial charge in [-0.2, -0.15) is 0 Å². The number of thiazole rings is 1. The van der Waals surface area contributed by atoms with Crippen LogP contribution in [0, 0.1) is 0 Å². The maximum atomic E-state index is 5.91. The Balaban J connectivity index is 2.55. The van der Waals surface area contributed by atoms with Gasteiger partial charge in [-0.1, -0.05) is 38.9 Å². The van der Waals surface area contributed by atoms with E-state index in [9.17, 15) is 0 Å². The van der Waals surface area contributed by atoms with Gasteiger partial charge in [0.1, 0.15) is 0 Å². The molecule has 0 atom stereocenters. The minimum absolute atomic E-state index is 0.562. The number of rotatable bonds is 1. The number of benzene rings is 1. The van der Waals surface area contributed by atoms with Crippen LogP contribution in [0.5, 0.6) is 0 Å². The zero-order chi connectivity index (χ0) is 10.1. The van der Waals surface area contributed by atoms with Crippen molar-refractivity contribution in [2.45, 2.75) is 0 Å². The highest BCUT2D eigenvalue weighted by Gasteiger charge is 2.06. The van der Waals surface area contributed by atoms with E-state index in [-0.39, 0.29) is 0 Å². The van der Waals surface area contributed by atoms with Crippen molar-refractivity contribution < 1.29 is 0 Å². The van der Waals surface area contributed by atoms with Crippen LogP contribution in [0.2, 0.25) is 5.02 Å². The Bertz CT molecular complexity index is 470. The lowest BCUT2D eigenvalue weighted by Gasteiger charge is -2.00. The summed E-state index contributed by atoms with van der Waals surface area (Å²) in [6.07, 6.45) is 1.75. The molecule has 0 bridgehead atoms. The second kappa shape index (κ2) is 3.88. The Hall–Kier alpha value is -0.580. The first-order valence-corrected chi connectivity index (χ1v) is 5.82. The lowest BCUT2D eigenvalue weighted by atomic mass is 10.2. The van der Waals surface area contributed by atoms with E-state index in [1.807, 2.05) is 18.2 Å². The Morgan fingerprint density at radius 2 is 2.21 bits per heavy atom. The molecule has 0 aliphatic carbocycles. The molecule has 1 aromatic heterocycles. The summed E-state index contributed by atoms with van der Waals surface area (Å²) in [7, 11) is 0. The van der Waals surface area contributed by atoms with Gasteiger partial charge in [0.05, 0.1) is 4.88 Å². The SMILES string of the molecule is Nc1ncc(-c2cc(Cl)ccc2Br)s1. The lowest BCUT2D eigenvalue weighted by molar-refractivity contribution is 1.42. The highest BCUT2D eigenvalue weighted by molar-refractivity contribution is 9.10. The maximum Gasteiger partial charge on any atom is 0.180 e. The molecule has 2 rings (SSSR count). The van der Waals surface area contributed by atoms with Gasteiger partial charge in [0.2, 0.25) is 0 Å². The van der Waals surface area contributed by atoms with Crippen molar-refractivity contribution in [2.24, 2.45) is 0 Å². The van der Waals surface area contributed by atoms with Crippen molar-refractivity contribution in [1.29, 1.82) is 0 Å². The van der Waals surface area contributed by atoms with Crippen LogP contribution in [-0.2, 0) is 0 Å². The van der Waals surface area contributed by atoms with Gasteiger partial charge in [0, 0.05) is 21.3 Å². The minimum Gasteiger partial charge on any atom is -0.375 e. The smallest absolute Gasteiger partial charge is 0.180 e. The van der Waals surface area contributed by atoms with Crippen LogP contribution in [0.15, 0.2) is 28.9 Å². The molecule has 2 nitrogen and oxygen atoms in total. The number of hydrogen-bond acceptors (Lipinski definition) is 3. The second-order valence-electron chi connectivity index (χ2n) is 2.69. The molecule has 0 fully saturated rings. The molecule has 0 saturated heterocycles. The molecule has 0 aliphatic rings. The summed E-state index contributed by atoms with van der Waals surface area (Å²) in [6.45, 7) is 0. The molecule has 2 N–H and O–H groups in total. The molecule has 0 radical (unpaired) electrons. The average molecular weight is 290 g/mol. The molecular formula is C9H6BrClN2S. The summed E-state index contributed by atoms with van der Waals surface area (Å²) < 4.78 is 0.991. The van der Waals surface area contributed by atoms with E-state index in [4.69, 9.17) is 17.3 Å². The normalized spacial score (nSPS) is 10.4. The van der Waals surface area contributed by atoms with Gasteiger partial charge in [0.15, 0.2) is 5.13 Å². The van der Waals surface area contributed by atoms with E-state index < -0.39 is 0 Å². The number of hydrogen-bond donors (Lipinski definition) is 1. The van der Waals surface area contributed by atoms with E-state index in [0.29, 0.717) is 10.2 Å². The van der Waals surface area contributed by atoms with Crippen molar-refractivity contribution in [3.63, 3.8) is 0 Å². The largest absolute Gasteiger partial charge is 0.375 e. The predicted octanol–water partition coefficient (Wildman–Crippen LogP) is 3.81. The summed E-state index contributed by atoms with van der Waals surface area (Å²) in [6, 6.07) is 5.63. The first-order chi connectivity index (χ1) is 6.66. The molecule has 72 valence electrons. The van der Waals surface area contributed by atoms with E-state index in [2.05, 4.69) is 20.9 Å². The number of nitrogens with zero attached hydrogens (tertiary/aromatic N) is 1. The fourth-order valence-electron chi connectivity index (χ4n) is 1.10. The van der Waals surface area contributed by atoms with Crippen LogP contribution in [0.3, 0.4) is 0 Å². The predicted molar refractivity (Wildman–Crippen MR) is 64.7 cm³/mol. The molecule has 1 aromatic carbocycles. The van der Waals surface area contributed by atoms with Gasteiger partial charge >= 0.3 is 0 Å². The van der Waals surface area contributed by atoms with E-state index in [1.165, 1.54) is 11.3 Å². The number of nitrogen functional groups attached to an aromatic ring is 1. The van der Waals surface area contributed by atoms with Gasteiger partial charge < -0.3 is 5.73 Å². The molecule has 0 amide bonds. The average Bonchev–Trinajstić information content (AvgIpc) is 2.56. The van der Waals surface area contributed by atoms with E-state index in [1.54, 1.807) is 6.20 Å². The zero-order valence-corrected chi connectivity index (χ0v) is 10.2. The van der Waals surface area contributed by atoms with Crippen LogP contribution >= 0.6 is 38.9 Å². The Kier molecular flexibility index (Phi) is 2.76. The topological polar surface area (TPSA) is 38.9 Å².